The zero-order chi connectivity index (χ0) is 21.7. The molecule has 0 aliphatic rings. The number of aromatic nitrogens is 2. The first kappa shape index (κ1) is 21.7. The number of carbonyl (C=O) groups excluding carboxylic acids is 2. The van der Waals surface area contributed by atoms with Gasteiger partial charge in [0.25, 0.3) is 5.56 Å². The van der Waals surface area contributed by atoms with E-state index in [1.54, 1.807) is 11.8 Å². The van der Waals surface area contributed by atoms with Gasteiger partial charge >= 0.3 is 5.97 Å². The molecule has 1 amide bonds. The van der Waals surface area contributed by atoms with E-state index in [9.17, 15) is 14.4 Å². The maximum absolute atomic E-state index is 12.9. The molecule has 0 N–H and O–H groups in total. The molecule has 8 heteroatoms. The van der Waals surface area contributed by atoms with Gasteiger partial charge in [0.2, 0.25) is 5.91 Å². The van der Waals surface area contributed by atoms with E-state index in [4.69, 9.17) is 4.74 Å². The lowest BCUT2D eigenvalue weighted by molar-refractivity contribution is -0.131. The van der Waals surface area contributed by atoms with E-state index < -0.39 is 5.97 Å². The van der Waals surface area contributed by atoms with Gasteiger partial charge in [0.1, 0.15) is 16.3 Å². The Morgan fingerprint density at radius 2 is 1.87 bits per heavy atom. The highest BCUT2D eigenvalue weighted by Gasteiger charge is 2.21. The Labute approximate surface area is 178 Å². The standard InChI is InChI=1S/C22H25N3O4S/c1-4-24(5-2)17(26)13-25-14-23-20-18(21(25)27)15(3)19(30-20)22(28)29-12-11-16-9-7-6-8-10-16/h6-10,14H,4-5,11-13H2,1-3H3. The molecule has 0 unspecified atom stereocenters. The van der Waals surface area contributed by atoms with Crippen molar-refractivity contribution >= 4 is 33.4 Å². The summed E-state index contributed by atoms with van der Waals surface area (Å²) in [6, 6.07) is 9.77. The predicted octanol–water partition coefficient (Wildman–Crippen LogP) is 3.03. The largest absolute Gasteiger partial charge is 0.461 e. The maximum atomic E-state index is 12.9. The lowest BCUT2D eigenvalue weighted by atomic mass is 10.2. The minimum Gasteiger partial charge on any atom is -0.461 e. The van der Waals surface area contributed by atoms with E-state index in [2.05, 4.69) is 4.98 Å². The van der Waals surface area contributed by atoms with Crippen LogP contribution < -0.4 is 5.56 Å². The average molecular weight is 428 g/mol. The van der Waals surface area contributed by atoms with Gasteiger partial charge in [-0.25, -0.2) is 9.78 Å². The monoisotopic (exact) mass is 427 g/mol. The van der Waals surface area contributed by atoms with Gasteiger partial charge in [0.05, 0.1) is 18.3 Å². The van der Waals surface area contributed by atoms with Crippen LogP contribution in [0.1, 0.15) is 34.6 Å². The van der Waals surface area contributed by atoms with E-state index in [0.717, 1.165) is 16.9 Å². The van der Waals surface area contributed by atoms with Crippen LogP contribution in [0.4, 0.5) is 0 Å². The Hall–Kier alpha value is -3.00. The second kappa shape index (κ2) is 9.67. The summed E-state index contributed by atoms with van der Waals surface area (Å²) in [6.07, 6.45) is 1.99. The van der Waals surface area contributed by atoms with Gasteiger partial charge in [-0.1, -0.05) is 30.3 Å². The summed E-state index contributed by atoms with van der Waals surface area (Å²) in [5.74, 6) is -0.603. The molecule has 158 valence electrons. The first-order valence-corrected chi connectivity index (χ1v) is 10.7. The molecule has 30 heavy (non-hydrogen) atoms. The van der Waals surface area contributed by atoms with Crippen LogP contribution in [-0.4, -0.2) is 46.0 Å². The first-order chi connectivity index (χ1) is 14.5. The minimum absolute atomic E-state index is 0.0738. The van der Waals surface area contributed by atoms with Gasteiger partial charge in [-0.3, -0.25) is 14.2 Å². The Morgan fingerprint density at radius 3 is 2.53 bits per heavy atom. The molecule has 0 aliphatic carbocycles. The number of hydrogen-bond acceptors (Lipinski definition) is 6. The third-order valence-electron chi connectivity index (χ3n) is 4.99. The molecule has 0 spiro atoms. The van der Waals surface area contributed by atoms with Crippen molar-refractivity contribution in [2.45, 2.75) is 33.7 Å². The Balaban J connectivity index is 1.78. The molecule has 0 bridgehead atoms. The van der Waals surface area contributed by atoms with Crippen molar-refractivity contribution in [3.05, 3.63) is 63.0 Å². The molecule has 0 atom stereocenters. The summed E-state index contributed by atoms with van der Waals surface area (Å²) in [5.41, 5.74) is 1.31. The summed E-state index contributed by atoms with van der Waals surface area (Å²) in [5, 5.41) is 0.366. The fourth-order valence-electron chi connectivity index (χ4n) is 3.26. The van der Waals surface area contributed by atoms with Crippen molar-refractivity contribution in [3.8, 4) is 0 Å². The number of thiophene rings is 1. The minimum atomic E-state index is -0.461. The van der Waals surface area contributed by atoms with Gasteiger partial charge < -0.3 is 9.64 Å². The number of nitrogens with zero attached hydrogens (tertiary/aromatic N) is 3. The summed E-state index contributed by atoms with van der Waals surface area (Å²) in [4.78, 5) is 44.6. The molecule has 3 rings (SSSR count). The van der Waals surface area contributed by atoms with Crippen LogP contribution in [0.3, 0.4) is 0 Å². The summed E-state index contributed by atoms with van der Waals surface area (Å²) < 4.78 is 6.71. The number of amides is 1. The molecule has 2 heterocycles. The Bertz CT molecular complexity index is 1100. The van der Waals surface area contributed by atoms with Crippen LogP contribution >= 0.6 is 11.3 Å². The second-order valence-electron chi connectivity index (χ2n) is 6.85. The fraction of sp³-hybridized carbons (Fsp3) is 0.364. The number of hydrogen-bond donors (Lipinski definition) is 0. The Morgan fingerprint density at radius 1 is 1.17 bits per heavy atom. The lowest BCUT2D eigenvalue weighted by Crippen LogP contribution is -2.36. The van der Waals surface area contributed by atoms with Gasteiger partial charge in [-0.2, -0.15) is 0 Å². The number of esters is 1. The molecule has 0 saturated carbocycles. The smallest absolute Gasteiger partial charge is 0.348 e. The van der Waals surface area contributed by atoms with Crippen molar-refractivity contribution in [1.29, 1.82) is 0 Å². The zero-order valence-electron chi connectivity index (χ0n) is 17.4. The molecule has 0 fully saturated rings. The topological polar surface area (TPSA) is 81.5 Å². The van der Waals surface area contributed by atoms with Crippen LogP contribution in [-0.2, 0) is 22.5 Å². The fourth-order valence-corrected chi connectivity index (χ4v) is 4.29. The van der Waals surface area contributed by atoms with Gasteiger partial charge in [-0.05, 0) is 31.9 Å². The van der Waals surface area contributed by atoms with Crippen molar-refractivity contribution in [1.82, 2.24) is 14.5 Å². The molecule has 0 aliphatic heterocycles. The molecule has 2 aromatic heterocycles. The number of rotatable bonds is 8. The van der Waals surface area contributed by atoms with Crippen LogP contribution in [0, 0.1) is 6.92 Å². The number of likely N-dealkylation sites (N-methyl/N-ethyl adjacent to an activating group) is 1. The van der Waals surface area contributed by atoms with E-state index in [-0.39, 0.29) is 24.6 Å². The Kier molecular flexibility index (Phi) is 6.99. The molecule has 3 aromatic rings. The third-order valence-corrected chi connectivity index (χ3v) is 6.17. The van der Waals surface area contributed by atoms with Gasteiger partial charge in [-0.15, -0.1) is 11.3 Å². The second-order valence-corrected chi connectivity index (χ2v) is 7.85. The quantitative estimate of drug-likeness (QED) is 0.516. The average Bonchev–Trinajstić information content (AvgIpc) is 3.09. The SMILES string of the molecule is CCN(CC)C(=O)Cn1cnc2sc(C(=O)OCCc3ccccc3)c(C)c2c1=O. The van der Waals surface area contributed by atoms with Crippen LogP contribution in [0.5, 0.6) is 0 Å². The number of aryl methyl sites for hydroxylation is 1. The molecule has 0 radical (unpaired) electrons. The molecular formula is C22H25N3O4S. The number of carbonyl (C=O) groups is 2. The lowest BCUT2D eigenvalue weighted by Gasteiger charge is -2.18. The van der Waals surface area contributed by atoms with E-state index in [1.807, 2.05) is 44.2 Å². The van der Waals surface area contributed by atoms with Crippen LogP contribution in [0.25, 0.3) is 10.2 Å². The van der Waals surface area contributed by atoms with Crippen molar-refractivity contribution in [3.63, 3.8) is 0 Å². The van der Waals surface area contributed by atoms with Crippen molar-refractivity contribution < 1.29 is 14.3 Å². The van der Waals surface area contributed by atoms with Crippen molar-refractivity contribution in [2.75, 3.05) is 19.7 Å². The van der Waals surface area contributed by atoms with Gasteiger partial charge in [0.15, 0.2) is 0 Å². The molecular weight excluding hydrogens is 402 g/mol. The summed E-state index contributed by atoms with van der Waals surface area (Å²) in [6.45, 7) is 6.84. The van der Waals surface area contributed by atoms with Crippen LogP contribution in [0.2, 0.25) is 0 Å². The molecule has 1 aromatic carbocycles. The normalized spacial score (nSPS) is 10.9. The summed E-state index contributed by atoms with van der Waals surface area (Å²) >= 11 is 1.14. The third kappa shape index (κ3) is 4.59. The molecule has 0 saturated heterocycles. The highest BCUT2D eigenvalue weighted by Crippen LogP contribution is 2.27. The van der Waals surface area contributed by atoms with Gasteiger partial charge in [0, 0.05) is 19.5 Å². The number of ether oxygens (including phenoxy) is 1. The zero-order valence-corrected chi connectivity index (χ0v) is 18.2. The van der Waals surface area contributed by atoms with E-state index in [0.29, 0.717) is 40.2 Å². The van der Waals surface area contributed by atoms with E-state index in [1.165, 1.54) is 10.9 Å². The predicted molar refractivity (Wildman–Crippen MR) is 117 cm³/mol. The van der Waals surface area contributed by atoms with Crippen LogP contribution in [0.15, 0.2) is 41.5 Å². The van der Waals surface area contributed by atoms with Crippen molar-refractivity contribution in [2.24, 2.45) is 0 Å². The maximum Gasteiger partial charge on any atom is 0.348 e. The highest BCUT2D eigenvalue weighted by atomic mass is 32.1. The number of benzene rings is 1. The highest BCUT2D eigenvalue weighted by molar-refractivity contribution is 7.20. The number of fused-ring (bicyclic) bond motifs is 1. The molecule has 7 nitrogen and oxygen atoms in total. The first-order valence-electron chi connectivity index (χ1n) is 9.93. The van der Waals surface area contributed by atoms with E-state index >= 15 is 0 Å². The summed E-state index contributed by atoms with van der Waals surface area (Å²) in [7, 11) is 0.